The molecule has 1 unspecified atom stereocenters. The van der Waals surface area contributed by atoms with Crippen molar-refractivity contribution in [3.63, 3.8) is 0 Å². The van der Waals surface area contributed by atoms with Crippen LogP contribution in [0.15, 0.2) is 42.1 Å². The van der Waals surface area contributed by atoms with E-state index in [1.807, 2.05) is 80.7 Å². The SMILES string of the molecule is CCOc1cc(C2/C(=C(\O)c3nc4c(C)cccn4c3C)C(=O)C(=O)N2CCCN(C)C)ccc1OCCC(C)C. The minimum atomic E-state index is -0.800. The summed E-state index contributed by atoms with van der Waals surface area (Å²) in [5, 5.41) is 11.7. The molecule has 0 radical (unpaired) electrons. The summed E-state index contributed by atoms with van der Waals surface area (Å²) in [6, 6.07) is 8.53. The zero-order chi connectivity index (χ0) is 29.8. The predicted octanol–water partition coefficient (Wildman–Crippen LogP) is 5.15. The molecule has 1 N–H and O–H groups in total. The maximum absolute atomic E-state index is 13.6. The number of nitrogens with zero attached hydrogens (tertiary/aromatic N) is 4. The number of aliphatic hydroxyl groups is 1. The molecular formula is C32H42N4O5. The highest BCUT2D eigenvalue weighted by Gasteiger charge is 2.46. The molecule has 0 aliphatic carbocycles. The second-order valence-corrected chi connectivity index (χ2v) is 11.3. The lowest BCUT2D eigenvalue weighted by atomic mass is 9.96. The number of amides is 1. The first-order valence-electron chi connectivity index (χ1n) is 14.3. The van der Waals surface area contributed by atoms with E-state index < -0.39 is 17.7 Å². The second kappa shape index (κ2) is 12.8. The summed E-state index contributed by atoms with van der Waals surface area (Å²) in [7, 11) is 3.93. The molecule has 1 fully saturated rings. The topological polar surface area (TPSA) is 96.6 Å². The van der Waals surface area contributed by atoms with Crippen LogP contribution >= 0.6 is 0 Å². The summed E-state index contributed by atoms with van der Waals surface area (Å²) in [6.45, 7) is 12.0. The number of rotatable bonds is 12. The molecule has 1 aliphatic rings. The molecule has 1 aliphatic heterocycles. The zero-order valence-electron chi connectivity index (χ0n) is 25.2. The van der Waals surface area contributed by atoms with Gasteiger partial charge in [-0.1, -0.05) is 26.0 Å². The lowest BCUT2D eigenvalue weighted by Gasteiger charge is -2.26. The molecule has 1 saturated heterocycles. The molecule has 4 rings (SSSR count). The lowest BCUT2D eigenvalue weighted by molar-refractivity contribution is -0.139. The van der Waals surface area contributed by atoms with E-state index in [4.69, 9.17) is 9.47 Å². The molecule has 0 spiro atoms. The van der Waals surface area contributed by atoms with Gasteiger partial charge in [-0.2, -0.15) is 0 Å². The Morgan fingerprint density at radius 2 is 1.88 bits per heavy atom. The third kappa shape index (κ3) is 6.25. The Morgan fingerprint density at radius 1 is 1.12 bits per heavy atom. The van der Waals surface area contributed by atoms with E-state index in [1.54, 1.807) is 4.90 Å². The number of hydrogen-bond acceptors (Lipinski definition) is 7. The number of carbonyl (C=O) groups excluding carboxylic acids is 2. The number of pyridine rings is 1. The van der Waals surface area contributed by atoms with E-state index >= 15 is 0 Å². The van der Waals surface area contributed by atoms with Crippen LogP contribution in [-0.2, 0) is 9.59 Å². The third-order valence-electron chi connectivity index (χ3n) is 7.39. The Kier molecular flexibility index (Phi) is 9.38. The Morgan fingerprint density at radius 3 is 2.54 bits per heavy atom. The summed E-state index contributed by atoms with van der Waals surface area (Å²) in [5.41, 5.74) is 3.28. The van der Waals surface area contributed by atoms with Gasteiger partial charge in [0, 0.05) is 12.7 Å². The van der Waals surface area contributed by atoms with E-state index in [0.29, 0.717) is 60.5 Å². The monoisotopic (exact) mass is 562 g/mol. The van der Waals surface area contributed by atoms with Crippen molar-refractivity contribution in [2.75, 3.05) is 40.4 Å². The van der Waals surface area contributed by atoms with Crippen LogP contribution in [0.2, 0.25) is 0 Å². The fraction of sp³-hybridized carbons (Fsp3) is 0.469. The maximum Gasteiger partial charge on any atom is 0.295 e. The molecule has 0 bridgehead atoms. The van der Waals surface area contributed by atoms with Gasteiger partial charge in [0.15, 0.2) is 17.3 Å². The molecule has 3 aromatic rings. The summed E-state index contributed by atoms with van der Waals surface area (Å²) in [4.78, 5) is 35.3. The first-order chi connectivity index (χ1) is 19.5. The molecule has 2 aromatic heterocycles. The number of aryl methyl sites for hydroxylation is 2. The quantitative estimate of drug-likeness (QED) is 0.185. The van der Waals surface area contributed by atoms with Crippen molar-refractivity contribution >= 4 is 23.1 Å². The fourth-order valence-corrected chi connectivity index (χ4v) is 5.18. The highest BCUT2D eigenvalue weighted by molar-refractivity contribution is 6.46. The van der Waals surface area contributed by atoms with E-state index in [-0.39, 0.29) is 17.0 Å². The molecule has 220 valence electrons. The molecule has 41 heavy (non-hydrogen) atoms. The van der Waals surface area contributed by atoms with E-state index in [1.165, 1.54) is 0 Å². The van der Waals surface area contributed by atoms with Crippen LogP contribution in [0.3, 0.4) is 0 Å². The van der Waals surface area contributed by atoms with Crippen LogP contribution in [-0.4, -0.2) is 76.4 Å². The first kappa shape index (κ1) is 30.1. The van der Waals surface area contributed by atoms with Gasteiger partial charge in [-0.15, -0.1) is 0 Å². The van der Waals surface area contributed by atoms with Gasteiger partial charge < -0.3 is 28.8 Å². The number of ether oxygens (including phenoxy) is 2. The molecule has 3 heterocycles. The van der Waals surface area contributed by atoms with Crippen LogP contribution < -0.4 is 9.47 Å². The van der Waals surface area contributed by atoms with Gasteiger partial charge in [-0.25, -0.2) is 4.98 Å². The first-order valence-corrected chi connectivity index (χ1v) is 14.3. The number of hydrogen-bond donors (Lipinski definition) is 1. The summed E-state index contributed by atoms with van der Waals surface area (Å²) < 4.78 is 13.8. The van der Waals surface area contributed by atoms with Gasteiger partial charge in [0.25, 0.3) is 11.7 Å². The Labute approximate surface area is 242 Å². The van der Waals surface area contributed by atoms with Crippen LogP contribution in [0.4, 0.5) is 0 Å². The molecule has 0 saturated carbocycles. The number of aromatic nitrogens is 2. The van der Waals surface area contributed by atoms with Crippen molar-refractivity contribution in [2.45, 2.75) is 53.5 Å². The number of imidazole rings is 1. The van der Waals surface area contributed by atoms with Crippen molar-refractivity contribution in [3.8, 4) is 11.5 Å². The van der Waals surface area contributed by atoms with Gasteiger partial charge in [-0.05, 0) is 89.5 Å². The van der Waals surface area contributed by atoms with E-state index in [9.17, 15) is 14.7 Å². The molecule has 9 nitrogen and oxygen atoms in total. The van der Waals surface area contributed by atoms with Crippen molar-refractivity contribution in [3.05, 3.63) is 64.6 Å². The number of benzene rings is 1. The molecule has 1 aromatic carbocycles. The van der Waals surface area contributed by atoms with E-state index in [0.717, 1.165) is 18.5 Å². The van der Waals surface area contributed by atoms with E-state index in [2.05, 4.69) is 18.8 Å². The van der Waals surface area contributed by atoms with Crippen LogP contribution in [0.1, 0.15) is 62.2 Å². The Bertz CT molecular complexity index is 1460. The van der Waals surface area contributed by atoms with Crippen LogP contribution in [0.25, 0.3) is 11.4 Å². The van der Waals surface area contributed by atoms with Crippen molar-refractivity contribution in [1.29, 1.82) is 0 Å². The highest BCUT2D eigenvalue weighted by Crippen LogP contribution is 2.42. The molecule has 1 atom stereocenters. The second-order valence-electron chi connectivity index (χ2n) is 11.3. The average molecular weight is 563 g/mol. The van der Waals surface area contributed by atoms with Gasteiger partial charge in [0.05, 0.1) is 30.5 Å². The number of fused-ring (bicyclic) bond motifs is 1. The molecule has 9 heteroatoms. The average Bonchev–Trinajstić information content (AvgIpc) is 3.39. The molecule has 1 amide bonds. The van der Waals surface area contributed by atoms with Crippen molar-refractivity contribution < 1.29 is 24.2 Å². The highest BCUT2D eigenvalue weighted by atomic mass is 16.5. The largest absolute Gasteiger partial charge is 0.505 e. The number of Topliss-reactive ketones (excluding diaryl/α,β-unsaturated/α-hetero) is 1. The Balaban J connectivity index is 1.84. The lowest BCUT2D eigenvalue weighted by Crippen LogP contribution is -2.32. The minimum Gasteiger partial charge on any atom is -0.505 e. The number of aliphatic hydroxyl groups excluding tert-OH is 1. The van der Waals surface area contributed by atoms with Gasteiger partial charge in [0.1, 0.15) is 11.3 Å². The predicted molar refractivity (Wildman–Crippen MR) is 159 cm³/mol. The Hall–Kier alpha value is -3.85. The normalized spacial score (nSPS) is 16.9. The maximum atomic E-state index is 13.6. The number of ketones is 1. The summed E-state index contributed by atoms with van der Waals surface area (Å²) in [5.74, 6) is 0.00128. The van der Waals surface area contributed by atoms with Crippen LogP contribution in [0.5, 0.6) is 11.5 Å². The smallest absolute Gasteiger partial charge is 0.295 e. The number of likely N-dealkylation sites (tertiary alicyclic amines) is 1. The molecular weight excluding hydrogens is 520 g/mol. The third-order valence-corrected chi connectivity index (χ3v) is 7.39. The van der Waals surface area contributed by atoms with Gasteiger partial charge in [-0.3, -0.25) is 9.59 Å². The van der Waals surface area contributed by atoms with Gasteiger partial charge in [0.2, 0.25) is 0 Å². The van der Waals surface area contributed by atoms with Gasteiger partial charge >= 0.3 is 0 Å². The van der Waals surface area contributed by atoms with Crippen molar-refractivity contribution in [1.82, 2.24) is 19.2 Å². The summed E-state index contributed by atoms with van der Waals surface area (Å²) in [6.07, 6.45) is 3.43. The number of carbonyl (C=O) groups is 2. The zero-order valence-corrected chi connectivity index (χ0v) is 25.2. The summed E-state index contributed by atoms with van der Waals surface area (Å²) >= 11 is 0. The standard InChI is InChI=1S/C32H42N4O5/c1-8-40-25-19-23(12-13-24(25)41-18-14-20(2)3)28-26(30(38)32(39)36(28)17-10-15-34(6)7)29(37)27-22(5)35-16-9-11-21(4)31(35)33-27/h9,11-13,16,19-20,28,37H,8,10,14-15,17-18H2,1-7H3/b29-26+. The van der Waals surface area contributed by atoms with Crippen molar-refractivity contribution in [2.24, 2.45) is 5.92 Å². The minimum absolute atomic E-state index is 0.0277. The van der Waals surface area contributed by atoms with Crippen LogP contribution in [0, 0.1) is 19.8 Å². The fourth-order valence-electron chi connectivity index (χ4n) is 5.18.